The van der Waals surface area contributed by atoms with Crippen molar-refractivity contribution >= 4 is 34.5 Å². The number of nitrogens with zero attached hydrogens (tertiary/aromatic N) is 2. The number of aromatic nitrogens is 2. The number of rotatable bonds is 7. The molecule has 7 nitrogen and oxygen atoms in total. The molecule has 36 heavy (non-hydrogen) atoms. The molecular weight excluding hydrogens is 470 g/mol. The fourth-order valence-corrected chi connectivity index (χ4v) is 4.88. The van der Waals surface area contributed by atoms with Crippen LogP contribution in [0.5, 0.6) is 0 Å². The van der Waals surface area contributed by atoms with Crippen LogP contribution in [0.3, 0.4) is 0 Å². The zero-order valence-electron chi connectivity index (χ0n) is 20.2. The molecule has 1 fully saturated rings. The highest BCUT2D eigenvalue weighted by Gasteiger charge is 2.19. The summed E-state index contributed by atoms with van der Waals surface area (Å²) in [4.78, 5) is 29.6. The Hall–Kier alpha value is -3.91. The Morgan fingerprint density at radius 3 is 2.39 bits per heavy atom. The van der Waals surface area contributed by atoms with Crippen LogP contribution >= 0.6 is 11.5 Å². The number of carbonyl (C=O) groups is 1. The van der Waals surface area contributed by atoms with Gasteiger partial charge in [0.25, 0.3) is 5.91 Å². The van der Waals surface area contributed by atoms with Crippen LogP contribution in [0.2, 0.25) is 0 Å². The number of amides is 1. The molecule has 1 aliphatic heterocycles. The van der Waals surface area contributed by atoms with Crippen molar-refractivity contribution in [2.75, 3.05) is 28.6 Å². The highest BCUT2D eigenvalue weighted by molar-refractivity contribution is 7.03. The van der Waals surface area contributed by atoms with Crippen molar-refractivity contribution < 1.29 is 4.79 Å². The molecule has 0 unspecified atom stereocenters. The lowest BCUT2D eigenvalue weighted by molar-refractivity contribution is 0.102. The number of hydrogen-bond donors (Lipinski definition) is 3. The third kappa shape index (κ3) is 5.66. The molecule has 0 saturated carbocycles. The zero-order valence-corrected chi connectivity index (χ0v) is 21.0. The monoisotopic (exact) mass is 499 g/mol. The van der Waals surface area contributed by atoms with Gasteiger partial charge in [-0.25, -0.2) is 0 Å². The predicted molar refractivity (Wildman–Crippen MR) is 147 cm³/mol. The molecular formula is C28H29N5O2S. The number of piperidine rings is 1. The van der Waals surface area contributed by atoms with Crippen molar-refractivity contribution in [1.82, 2.24) is 9.36 Å². The van der Waals surface area contributed by atoms with Gasteiger partial charge in [-0.3, -0.25) is 14.6 Å². The van der Waals surface area contributed by atoms with Gasteiger partial charge in [0.1, 0.15) is 0 Å². The number of aromatic amines is 1. The molecule has 0 bridgehead atoms. The first-order valence-electron chi connectivity index (χ1n) is 12.2. The smallest absolute Gasteiger partial charge is 0.323 e. The van der Waals surface area contributed by atoms with Crippen LogP contribution in [0, 0.1) is 6.92 Å². The van der Waals surface area contributed by atoms with E-state index in [4.69, 9.17) is 0 Å². The van der Waals surface area contributed by atoms with Crippen molar-refractivity contribution in [3.05, 3.63) is 93.1 Å². The molecule has 5 rings (SSSR count). The summed E-state index contributed by atoms with van der Waals surface area (Å²) in [5, 5.41) is 6.52. The van der Waals surface area contributed by atoms with Gasteiger partial charge in [-0.1, -0.05) is 42.0 Å². The second kappa shape index (κ2) is 10.8. The largest absolute Gasteiger partial charge is 0.381 e. The van der Waals surface area contributed by atoms with Gasteiger partial charge in [-0.2, -0.15) is 4.37 Å². The van der Waals surface area contributed by atoms with E-state index in [2.05, 4.69) is 31.0 Å². The molecule has 1 aliphatic rings. The Morgan fingerprint density at radius 2 is 1.69 bits per heavy atom. The van der Waals surface area contributed by atoms with E-state index in [9.17, 15) is 9.59 Å². The van der Waals surface area contributed by atoms with Crippen molar-refractivity contribution in [3.8, 4) is 11.4 Å². The fourth-order valence-electron chi connectivity index (χ4n) is 4.41. The number of benzene rings is 3. The van der Waals surface area contributed by atoms with Crippen LogP contribution in [0.1, 0.15) is 40.7 Å². The summed E-state index contributed by atoms with van der Waals surface area (Å²) < 4.78 is 4.13. The molecule has 4 aromatic rings. The molecule has 3 N–H and O–H groups in total. The Kier molecular flexibility index (Phi) is 7.13. The van der Waals surface area contributed by atoms with Gasteiger partial charge in [-0.05, 0) is 62.1 Å². The molecule has 8 heteroatoms. The molecule has 1 amide bonds. The van der Waals surface area contributed by atoms with Gasteiger partial charge in [-0.15, -0.1) is 0 Å². The third-order valence-electron chi connectivity index (χ3n) is 6.41. The molecule has 2 heterocycles. The number of carbonyl (C=O) groups excluding carboxylic acids is 1. The number of aryl methyl sites for hydroxylation is 1. The summed E-state index contributed by atoms with van der Waals surface area (Å²) in [5.74, 6) is 0.478. The summed E-state index contributed by atoms with van der Waals surface area (Å²) >= 11 is 0.917. The van der Waals surface area contributed by atoms with Crippen LogP contribution in [0.25, 0.3) is 11.4 Å². The Morgan fingerprint density at radius 1 is 0.972 bits per heavy atom. The Bertz CT molecular complexity index is 1390. The topological polar surface area (TPSA) is 90.1 Å². The Labute approximate surface area is 214 Å². The number of nitrogens with one attached hydrogen (secondary N) is 3. The minimum Gasteiger partial charge on any atom is -0.381 e. The second-order valence-corrected chi connectivity index (χ2v) is 9.83. The van der Waals surface area contributed by atoms with Crippen LogP contribution < -0.4 is 20.4 Å². The number of hydrogen-bond acceptors (Lipinski definition) is 6. The first-order chi connectivity index (χ1) is 17.5. The van der Waals surface area contributed by atoms with Gasteiger partial charge >= 0.3 is 4.87 Å². The van der Waals surface area contributed by atoms with Gasteiger partial charge in [0.15, 0.2) is 5.82 Å². The van der Waals surface area contributed by atoms with Crippen LogP contribution in [0.4, 0.5) is 17.1 Å². The van der Waals surface area contributed by atoms with Crippen LogP contribution in [-0.4, -0.2) is 28.4 Å². The second-order valence-electron chi connectivity index (χ2n) is 9.09. The van der Waals surface area contributed by atoms with Crippen LogP contribution in [-0.2, 0) is 6.54 Å². The lowest BCUT2D eigenvalue weighted by atomic mass is 10.1. The van der Waals surface area contributed by atoms with E-state index in [1.54, 1.807) is 0 Å². The highest BCUT2D eigenvalue weighted by Crippen LogP contribution is 2.28. The third-order valence-corrected chi connectivity index (χ3v) is 6.95. The fraction of sp³-hybridized carbons (Fsp3) is 0.250. The average molecular weight is 500 g/mol. The van der Waals surface area contributed by atoms with Crippen molar-refractivity contribution in [3.63, 3.8) is 0 Å². The zero-order chi connectivity index (χ0) is 24.9. The minimum atomic E-state index is -0.161. The van der Waals surface area contributed by atoms with E-state index in [1.165, 1.54) is 6.42 Å². The molecule has 0 atom stereocenters. The quantitative estimate of drug-likeness (QED) is 0.305. The lowest BCUT2D eigenvalue weighted by Crippen LogP contribution is -2.31. The maximum absolute atomic E-state index is 13.4. The van der Waals surface area contributed by atoms with Crippen molar-refractivity contribution in [2.45, 2.75) is 32.7 Å². The summed E-state index contributed by atoms with van der Waals surface area (Å²) in [7, 11) is 0. The Balaban J connectivity index is 1.33. The standard InChI is InChI=1S/C28H29N5O2S/c1-19-5-11-22(12-6-19)30-27(34)24-17-23(13-14-25(24)33-15-3-2-4-16-33)29-18-20-7-9-21(10-8-20)26-31-28(35)36-32-26/h5-14,17,29H,2-4,15-16,18H2,1H3,(H,30,34)(H,31,32,35). The maximum atomic E-state index is 13.4. The van der Waals surface area contributed by atoms with Crippen molar-refractivity contribution in [2.24, 2.45) is 0 Å². The van der Waals surface area contributed by atoms with Crippen LogP contribution in [0.15, 0.2) is 71.5 Å². The molecule has 1 aromatic heterocycles. The van der Waals surface area contributed by atoms with E-state index in [0.29, 0.717) is 17.9 Å². The van der Waals surface area contributed by atoms with Gasteiger partial charge < -0.3 is 15.5 Å². The minimum absolute atomic E-state index is 0.107. The van der Waals surface area contributed by atoms with E-state index < -0.39 is 0 Å². The molecule has 3 aromatic carbocycles. The maximum Gasteiger partial charge on any atom is 0.323 e. The summed E-state index contributed by atoms with van der Waals surface area (Å²) in [6.45, 7) is 4.57. The first-order valence-corrected chi connectivity index (χ1v) is 13.0. The number of H-pyrrole nitrogens is 1. The molecule has 184 valence electrons. The summed E-state index contributed by atoms with van der Waals surface area (Å²) in [6.07, 6.45) is 3.52. The highest BCUT2D eigenvalue weighted by atomic mass is 32.1. The summed E-state index contributed by atoms with van der Waals surface area (Å²) in [6, 6.07) is 21.8. The summed E-state index contributed by atoms with van der Waals surface area (Å²) in [5.41, 5.74) is 6.44. The lowest BCUT2D eigenvalue weighted by Gasteiger charge is -2.30. The average Bonchev–Trinajstić information content (AvgIpc) is 3.35. The van der Waals surface area contributed by atoms with Gasteiger partial charge in [0, 0.05) is 53.8 Å². The van der Waals surface area contributed by atoms with E-state index in [-0.39, 0.29) is 10.8 Å². The van der Waals surface area contributed by atoms with E-state index in [1.807, 2.05) is 67.6 Å². The molecule has 0 radical (unpaired) electrons. The van der Waals surface area contributed by atoms with E-state index >= 15 is 0 Å². The SMILES string of the molecule is Cc1ccc(NC(=O)c2cc(NCc3ccc(-c4nsc(=O)[nH]4)cc3)ccc2N2CCCCC2)cc1. The molecule has 0 aliphatic carbocycles. The molecule has 1 saturated heterocycles. The normalized spacial score (nSPS) is 13.4. The van der Waals surface area contributed by atoms with Gasteiger partial charge in [0.2, 0.25) is 0 Å². The first kappa shape index (κ1) is 23.8. The van der Waals surface area contributed by atoms with Crippen molar-refractivity contribution in [1.29, 1.82) is 0 Å². The predicted octanol–water partition coefficient (Wildman–Crippen LogP) is 5.66. The molecule has 0 spiro atoms. The van der Waals surface area contributed by atoms with E-state index in [0.717, 1.165) is 71.2 Å². The van der Waals surface area contributed by atoms with Gasteiger partial charge in [0.05, 0.1) is 5.56 Å². The number of anilines is 3.